The van der Waals surface area contributed by atoms with E-state index < -0.39 is 14.3 Å². The fourth-order valence-electron chi connectivity index (χ4n) is 3.34. The summed E-state index contributed by atoms with van der Waals surface area (Å²) >= 11 is 0. The highest BCUT2D eigenvalue weighted by Crippen LogP contribution is 2.38. The van der Waals surface area contributed by atoms with E-state index in [9.17, 15) is 19.7 Å². The Morgan fingerprint density at radius 2 is 2.00 bits per heavy atom. The predicted molar refractivity (Wildman–Crippen MR) is 94.3 cm³/mol. The van der Waals surface area contributed by atoms with E-state index in [-0.39, 0.29) is 24.1 Å². The first-order valence-electron chi connectivity index (χ1n) is 8.27. The van der Waals surface area contributed by atoms with Gasteiger partial charge in [-0.05, 0) is 37.3 Å². The minimum absolute atomic E-state index is 0.0114. The molecule has 0 amide bonds. The lowest BCUT2D eigenvalue weighted by atomic mass is 9.89. The first kappa shape index (κ1) is 18.9. The Labute approximate surface area is 143 Å². The first-order chi connectivity index (χ1) is 11.4. The van der Waals surface area contributed by atoms with E-state index in [2.05, 4.69) is 0 Å². The molecule has 0 atom stereocenters. The van der Waals surface area contributed by atoms with Gasteiger partial charge < -0.3 is 19.6 Å². The van der Waals surface area contributed by atoms with Gasteiger partial charge in [0.2, 0.25) is 0 Å². The van der Waals surface area contributed by atoms with Crippen molar-refractivity contribution in [2.45, 2.75) is 53.1 Å². The van der Waals surface area contributed by atoms with Gasteiger partial charge in [-0.2, -0.15) is 0 Å². The van der Waals surface area contributed by atoms with Crippen LogP contribution < -0.4 is 0 Å². The van der Waals surface area contributed by atoms with Crippen LogP contribution in [0.3, 0.4) is 0 Å². The van der Waals surface area contributed by atoms with Crippen molar-refractivity contribution in [3.8, 4) is 5.75 Å². The molecule has 0 aliphatic carbocycles. The topological polar surface area (TPSA) is 87.0 Å². The number of allylic oxidation sites excluding steroid dienone is 2. The molecule has 0 spiro atoms. The number of rotatable bonds is 7. The number of benzene rings is 1. The van der Waals surface area contributed by atoms with Crippen molar-refractivity contribution < 1.29 is 24.4 Å². The van der Waals surface area contributed by atoms with Gasteiger partial charge >= 0.3 is 5.97 Å². The Morgan fingerprint density at radius 1 is 1.29 bits per heavy atom. The van der Waals surface area contributed by atoms with E-state index in [4.69, 9.17) is 4.74 Å². The molecule has 2 rings (SSSR count). The number of ether oxygens (including phenoxy) is 1. The number of hydrogen-bond donors (Lipinski definition) is 3. The third kappa shape index (κ3) is 3.80. The Hall–Kier alpha value is -1.42. The minimum atomic E-state index is -1.97. The van der Waals surface area contributed by atoms with Crippen LogP contribution in [-0.2, 0) is 24.2 Å². The number of esters is 1. The average Bonchev–Trinajstić information content (AvgIpc) is 2.91. The van der Waals surface area contributed by atoms with Crippen molar-refractivity contribution >= 4 is 14.3 Å². The molecule has 1 aromatic carbocycles. The van der Waals surface area contributed by atoms with Crippen LogP contribution >= 0.6 is 8.38 Å². The number of phenols is 1. The molecular weight excluding hydrogens is 327 g/mol. The van der Waals surface area contributed by atoms with E-state index in [1.165, 1.54) is 0 Å². The van der Waals surface area contributed by atoms with Crippen LogP contribution in [0.4, 0.5) is 0 Å². The van der Waals surface area contributed by atoms with Gasteiger partial charge in [-0.3, -0.25) is 0 Å². The third-order valence-corrected chi connectivity index (χ3v) is 5.20. The highest BCUT2D eigenvalue weighted by Gasteiger charge is 2.30. The lowest BCUT2D eigenvalue weighted by Crippen LogP contribution is -2.05. The SMILES string of the molecule is CCC/C(=C\Cc1c(O)c2c(c(C)c1CC)COC2=O)CP(O)O. The molecule has 5 nitrogen and oxygen atoms in total. The molecule has 1 aliphatic rings. The molecule has 132 valence electrons. The Kier molecular flexibility index (Phi) is 6.39. The molecule has 0 saturated carbocycles. The number of fused-ring (bicyclic) bond motifs is 1. The summed E-state index contributed by atoms with van der Waals surface area (Å²) in [7, 11) is -1.97. The molecule has 24 heavy (non-hydrogen) atoms. The van der Waals surface area contributed by atoms with Gasteiger partial charge in [0.05, 0.1) is 0 Å². The fourth-order valence-corrected chi connectivity index (χ4v) is 3.99. The summed E-state index contributed by atoms with van der Waals surface area (Å²) in [6.45, 7) is 6.24. The van der Waals surface area contributed by atoms with Crippen LogP contribution in [0.25, 0.3) is 0 Å². The number of carbonyl (C=O) groups excluding carboxylic acids is 1. The van der Waals surface area contributed by atoms with Gasteiger partial charge in [0, 0.05) is 17.3 Å². The molecule has 1 aliphatic heterocycles. The van der Waals surface area contributed by atoms with Gasteiger partial charge in [0.15, 0.2) is 8.38 Å². The molecule has 0 fully saturated rings. The second kappa shape index (κ2) is 8.11. The van der Waals surface area contributed by atoms with Crippen molar-refractivity contribution in [2.24, 2.45) is 0 Å². The summed E-state index contributed by atoms with van der Waals surface area (Å²) in [4.78, 5) is 30.5. The highest BCUT2D eigenvalue weighted by molar-refractivity contribution is 7.45. The molecule has 0 bridgehead atoms. The van der Waals surface area contributed by atoms with Crippen LogP contribution in [0.15, 0.2) is 11.6 Å². The second-order valence-electron chi connectivity index (χ2n) is 6.06. The number of phenolic OH excluding ortho intramolecular Hbond substituents is 1. The van der Waals surface area contributed by atoms with Crippen molar-refractivity contribution in [2.75, 3.05) is 6.16 Å². The predicted octanol–water partition coefficient (Wildman–Crippen LogP) is 3.50. The molecule has 0 saturated heterocycles. The van der Waals surface area contributed by atoms with E-state index in [1.807, 2.05) is 26.8 Å². The smallest absolute Gasteiger partial charge is 0.342 e. The summed E-state index contributed by atoms with van der Waals surface area (Å²) in [5, 5.41) is 10.6. The monoisotopic (exact) mass is 352 g/mol. The molecule has 0 unspecified atom stereocenters. The largest absolute Gasteiger partial charge is 0.507 e. The molecule has 3 N–H and O–H groups in total. The lowest BCUT2D eigenvalue weighted by molar-refractivity contribution is 0.0533. The zero-order chi connectivity index (χ0) is 17.9. The lowest BCUT2D eigenvalue weighted by Gasteiger charge is -2.16. The first-order valence-corrected chi connectivity index (χ1v) is 9.70. The number of carbonyl (C=O) groups is 1. The van der Waals surface area contributed by atoms with Crippen LogP contribution in [0.2, 0.25) is 0 Å². The van der Waals surface area contributed by atoms with Gasteiger partial charge in [0.25, 0.3) is 0 Å². The fraction of sp³-hybridized carbons (Fsp3) is 0.500. The molecule has 1 aromatic rings. The molecule has 0 aromatic heterocycles. The van der Waals surface area contributed by atoms with Crippen LogP contribution in [0.5, 0.6) is 5.75 Å². The quantitative estimate of drug-likeness (QED) is 0.397. The molecule has 6 heteroatoms. The van der Waals surface area contributed by atoms with E-state index in [1.54, 1.807) is 0 Å². The summed E-state index contributed by atoms with van der Waals surface area (Å²) in [6.07, 6.45) is 5.13. The van der Waals surface area contributed by atoms with Gasteiger partial charge in [0.1, 0.15) is 17.9 Å². The maximum atomic E-state index is 11.9. The van der Waals surface area contributed by atoms with Crippen molar-refractivity contribution in [3.05, 3.63) is 39.5 Å². The third-order valence-electron chi connectivity index (χ3n) is 4.51. The van der Waals surface area contributed by atoms with Crippen molar-refractivity contribution in [1.82, 2.24) is 0 Å². The van der Waals surface area contributed by atoms with E-state index in [0.717, 1.165) is 47.1 Å². The maximum absolute atomic E-state index is 11.9. The Bertz CT molecular complexity index is 664. The molecule has 0 radical (unpaired) electrons. The van der Waals surface area contributed by atoms with Crippen molar-refractivity contribution in [3.63, 3.8) is 0 Å². The standard InChI is InChI=1S/C18H25O5P/c1-4-6-12(10-24(21)22)7-8-14-13(5-2)11(3)15-9-23-18(20)16(15)17(14)19/h7,19,21-22H,4-6,8-10H2,1-3H3/b12-7+. The zero-order valence-corrected chi connectivity index (χ0v) is 15.3. The minimum Gasteiger partial charge on any atom is -0.507 e. The molecule has 1 heterocycles. The van der Waals surface area contributed by atoms with Crippen LogP contribution in [0.1, 0.15) is 59.3 Å². The average molecular weight is 352 g/mol. The summed E-state index contributed by atoms with van der Waals surface area (Å²) in [6, 6.07) is 0. The number of aromatic hydroxyl groups is 1. The van der Waals surface area contributed by atoms with E-state index in [0.29, 0.717) is 6.42 Å². The normalized spacial score (nSPS) is 14.2. The summed E-state index contributed by atoms with van der Waals surface area (Å²) in [5.41, 5.74) is 4.81. The van der Waals surface area contributed by atoms with Crippen LogP contribution in [-0.4, -0.2) is 27.0 Å². The Morgan fingerprint density at radius 3 is 2.58 bits per heavy atom. The maximum Gasteiger partial charge on any atom is 0.342 e. The second-order valence-corrected chi connectivity index (χ2v) is 7.12. The van der Waals surface area contributed by atoms with Gasteiger partial charge in [-0.25, -0.2) is 4.79 Å². The highest BCUT2D eigenvalue weighted by atomic mass is 31.2. The Balaban J connectivity index is 2.44. The number of cyclic esters (lactones) is 1. The number of hydrogen-bond acceptors (Lipinski definition) is 5. The van der Waals surface area contributed by atoms with E-state index >= 15 is 0 Å². The molecular formula is C18H25O5P. The zero-order valence-electron chi connectivity index (χ0n) is 14.4. The van der Waals surface area contributed by atoms with Gasteiger partial charge in [-0.1, -0.05) is 31.9 Å². The van der Waals surface area contributed by atoms with Gasteiger partial charge in [-0.15, -0.1) is 0 Å². The van der Waals surface area contributed by atoms with Crippen molar-refractivity contribution in [1.29, 1.82) is 0 Å². The summed E-state index contributed by atoms with van der Waals surface area (Å²) in [5.74, 6) is -0.459. The summed E-state index contributed by atoms with van der Waals surface area (Å²) < 4.78 is 5.08. The van der Waals surface area contributed by atoms with Crippen LogP contribution in [0, 0.1) is 6.92 Å².